The van der Waals surface area contributed by atoms with Gasteiger partial charge in [-0.25, -0.2) is 0 Å². The van der Waals surface area contributed by atoms with E-state index in [2.05, 4.69) is 0 Å². The highest BCUT2D eigenvalue weighted by molar-refractivity contribution is 6.39. The van der Waals surface area contributed by atoms with Crippen LogP contribution in [0.2, 0.25) is 0 Å². The first-order valence-corrected chi connectivity index (χ1v) is 4.32. The molecule has 0 aromatic rings. The number of Topliss-reactive ketones (excluding diaryl/α,β-unsaturated/α-hetero) is 1. The van der Waals surface area contributed by atoms with Crippen LogP contribution < -0.4 is 0 Å². The molecule has 0 unspecified atom stereocenters. The quantitative estimate of drug-likeness (QED) is 0.574. The Balaban J connectivity index is 2.75. The van der Waals surface area contributed by atoms with Crippen molar-refractivity contribution in [1.29, 1.82) is 0 Å². The largest absolute Gasteiger partial charge is 0.335 e. The number of rotatable bonds is 2. The van der Waals surface area contributed by atoms with E-state index in [-0.39, 0.29) is 11.7 Å². The first-order valence-electron chi connectivity index (χ1n) is 4.32. The van der Waals surface area contributed by atoms with E-state index in [9.17, 15) is 9.59 Å². The van der Waals surface area contributed by atoms with Gasteiger partial charge >= 0.3 is 0 Å². The van der Waals surface area contributed by atoms with Gasteiger partial charge in [-0.2, -0.15) is 0 Å². The molecule has 1 saturated heterocycles. The molecule has 0 aromatic carbocycles. The van der Waals surface area contributed by atoms with Crippen LogP contribution in [-0.4, -0.2) is 29.7 Å². The van der Waals surface area contributed by atoms with Crippen molar-refractivity contribution in [1.82, 2.24) is 4.90 Å². The van der Waals surface area contributed by atoms with Crippen LogP contribution in [0.4, 0.5) is 0 Å². The summed E-state index contributed by atoms with van der Waals surface area (Å²) in [6, 6.07) is 0. The minimum Gasteiger partial charge on any atom is -0.335 e. The molecule has 68 valence electrons. The molecule has 0 radical (unpaired) electrons. The molecule has 0 spiro atoms. The van der Waals surface area contributed by atoms with E-state index in [4.69, 9.17) is 0 Å². The van der Waals surface area contributed by atoms with E-state index < -0.39 is 5.41 Å². The Morgan fingerprint density at radius 1 is 1.42 bits per heavy atom. The number of ketones is 1. The van der Waals surface area contributed by atoms with Crippen molar-refractivity contribution in [3.8, 4) is 0 Å². The van der Waals surface area contributed by atoms with Gasteiger partial charge < -0.3 is 4.90 Å². The molecule has 0 N–H and O–H groups in total. The molecule has 1 heterocycles. The highest BCUT2D eigenvalue weighted by atomic mass is 16.2. The standard InChI is InChI=1S/C9H15NO2/c1-4-5-10-6-9(2,3)7(11)8(10)12/h4-6H2,1-3H3. The zero-order valence-corrected chi connectivity index (χ0v) is 7.89. The molecule has 1 rings (SSSR count). The lowest BCUT2D eigenvalue weighted by Crippen LogP contribution is -2.27. The molecule has 0 aliphatic carbocycles. The maximum absolute atomic E-state index is 11.3. The highest BCUT2D eigenvalue weighted by Crippen LogP contribution is 2.26. The van der Waals surface area contributed by atoms with Crippen LogP contribution in [-0.2, 0) is 9.59 Å². The Labute approximate surface area is 72.7 Å². The van der Waals surface area contributed by atoms with E-state index in [0.717, 1.165) is 6.42 Å². The van der Waals surface area contributed by atoms with Crippen molar-refractivity contribution in [3.05, 3.63) is 0 Å². The molecule has 3 nitrogen and oxygen atoms in total. The Morgan fingerprint density at radius 3 is 2.33 bits per heavy atom. The summed E-state index contributed by atoms with van der Waals surface area (Å²) in [5, 5.41) is 0. The van der Waals surface area contributed by atoms with Gasteiger partial charge in [0.25, 0.3) is 5.91 Å². The zero-order chi connectivity index (χ0) is 9.35. The van der Waals surface area contributed by atoms with Gasteiger partial charge in [-0.15, -0.1) is 0 Å². The number of nitrogens with zero attached hydrogens (tertiary/aromatic N) is 1. The highest BCUT2D eigenvalue weighted by Gasteiger charge is 2.44. The lowest BCUT2D eigenvalue weighted by atomic mass is 9.91. The van der Waals surface area contributed by atoms with Gasteiger partial charge in [0.1, 0.15) is 0 Å². The predicted molar refractivity (Wildman–Crippen MR) is 45.7 cm³/mol. The molecule has 12 heavy (non-hydrogen) atoms. The molecular formula is C9H15NO2. The van der Waals surface area contributed by atoms with Gasteiger partial charge in [-0.3, -0.25) is 9.59 Å². The third-order valence-electron chi connectivity index (χ3n) is 2.18. The fourth-order valence-corrected chi connectivity index (χ4v) is 1.50. The monoisotopic (exact) mass is 169 g/mol. The first kappa shape index (κ1) is 9.23. The number of hydrogen-bond acceptors (Lipinski definition) is 2. The lowest BCUT2D eigenvalue weighted by molar-refractivity contribution is -0.141. The van der Waals surface area contributed by atoms with E-state index >= 15 is 0 Å². The van der Waals surface area contributed by atoms with E-state index in [1.165, 1.54) is 0 Å². The maximum atomic E-state index is 11.3. The van der Waals surface area contributed by atoms with Crippen LogP contribution in [0, 0.1) is 5.41 Å². The van der Waals surface area contributed by atoms with Crippen LogP contribution in [0.1, 0.15) is 27.2 Å². The van der Waals surface area contributed by atoms with Crippen molar-refractivity contribution < 1.29 is 9.59 Å². The fourth-order valence-electron chi connectivity index (χ4n) is 1.50. The summed E-state index contributed by atoms with van der Waals surface area (Å²) in [5.74, 6) is -0.544. The number of hydrogen-bond donors (Lipinski definition) is 0. The molecule has 0 saturated carbocycles. The fraction of sp³-hybridized carbons (Fsp3) is 0.778. The average Bonchev–Trinajstić information content (AvgIpc) is 2.16. The molecule has 3 heteroatoms. The minimum atomic E-state index is -0.466. The van der Waals surface area contributed by atoms with Crippen LogP contribution in [0.25, 0.3) is 0 Å². The second kappa shape index (κ2) is 2.88. The molecular weight excluding hydrogens is 154 g/mol. The van der Waals surface area contributed by atoms with Crippen LogP contribution in [0.5, 0.6) is 0 Å². The summed E-state index contributed by atoms with van der Waals surface area (Å²) in [6.07, 6.45) is 0.912. The van der Waals surface area contributed by atoms with Crippen molar-refractivity contribution in [2.75, 3.05) is 13.1 Å². The smallest absolute Gasteiger partial charge is 0.290 e. The second-order valence-electron chi connectivity index (χ2n) is 3.94. The summed E-state index contributed by atoms with van der Waals surface area (Å²) in [7, 11) is 0. The summed E-state index contributed by atoms with van der Waals surface area (Å²) >= 11 is 0. The Morgan fingerprint density at radius 2 is 2.00 bits per heavy atom. The minimum absolute atomic E-state index is 0.240. The third-order valence-corrected chi connectivity index (χ3v) is 2.18. The molecule has 1 fully saturated rings. The molecule has 1 amide bonds. The number of amides is 1. The second-order valence-corrected chi connectivity index (χ2v) is 3.94. The first-order chi connectivity index (χ1) is 5.49. The van der Waals surface area contributed by atoms with Crippen molar-refractivity contribution >= 4 is 11.7 Å². The van der Waals surface area contributed by atoms with Gasteiger partial charge in [0, 0.05) is 13.1 Å². The molecule has 0 atom stereocenters. The summed E-state index contributed by atoms with van der Waals surface area (Å²) < 4.78 is 0. The Hall–Kier alpha value is -0.860. The number of carbonyl (C=O) groups is 2. The van der Waals surface area contributed by atoms with E-state index in [1.54, 1.807) is 4.90 Å². The van der Waals surface area contributed by atoms with Gasteiger partial charge in [-0.05, 0) is 6.42 Å². The zero-order valence-electron chi connectivity index (χ0n) is 7.89. The van der Waals surface area contributed by atoms with Crippen molar-refractivity contribution in [2.45, 2.75) is 27.2 Å². The van der Waals surface area contributed by atoms with Gasteiger partial charge in [0.15, 0.2) is 0 Å². The number of likely N-dealkylation sites (tertiary alicyclic amines) is 1. The van der Waals surface area contributed by atoms with Crippen LogP contribution in [0.3, 0.4) is 0 Å². The average molecular weight is 169 g/mol. The van der Waals surface area contributed by atoms with Crippen molar-refractivity contribution in [2.24, 2.45) is 5.41 Å². The van der Waals surface area contributed by atoms with Crippen LogP contribution in [0.15, 0.2) is 0 Å². The van der Waals surface area contributed by atoms with E-state index in [0.29, 0.717) is 13.1 Å². The lowest BCUT2D eigenvalue weighted by Gasteiger charge is -2.16. The Kier molecular flexibility index (Phi) is 2.22. The van der Waals surface area contributed by atoms with Crippen LogP contribution >= 0.6 is 0 Å². The maximum Gasteiger partial charge on any atom is 0.290 e. The topological polar surface area (TPSA) is 37.4 Å². The molecule has 1 aliphatic rings. The Bertz CT molecular complexity index is 221. The van der Waals surface area contributed by atoms with E-state index in [1.807, 2.05) is 20.8 Å². The van der Waals surface area contributed by atoms with Gasteiger partial charge in [0.2, 0.25) is 5.78 Å². The van der Waals surface area contributed by atoms with Gasteiger partial charge in [0.05, 0.1) is 5.41 Å². The predicted octanol–water partition coefficient (Wildman–Crippen LogP) is 0.834. The third kappa shape index (κ3) is 1.36. The summed E-state index contributed by atoms with van der Waals surface area (Å²) in [6.45, 7) is 6.93. The van der Waals surface area contributed by atoms with Gasteiger partial charge in [-0.1, -0.05) is 20.8 Å². The number of carbonyl (C=O) groups excluding carboxylic acids is 2. The molecule has 0 bridgehead atoms. The normalized spacial score (nSPS) is 22.1. The summed E-state index contributed by atoms with van der Waals surface area (Å²) in [5.41, 5.74) is -0.466. The molecule has 0 aromatic heterocycles. The molecule has 1 aliphatic heterocycles. The van der Waals surface area contributed by atoms with Crippen molar-refractivity contribution in [3.63, 3.8) is 0 Å². The summed E-state index contributed by atoms with van der Waals surface area (Å²) in [4.78, 5) is 24.2. The SMILES string of the molecule is CCCN1CC(C)(C)C(=O)C1=O.